The van der Waals surface area contributed by atoms with Crippen molar-refractivity contribution in [3.63, 3.8) is 0 Å². The third-order valence-corrected chi connectivity index (χ3v) is 5.28. The van der Waals surface area contributed by atoms with Crippen LogP contribution in [0.15, 0.2) is 29.4 Å². The van der Waals surface area contributed by atoms with Crippen LogP contribution in [0.2, 0.25) is 0 Å². The Morgan fingerprint density at radius 3 is 2.60 bits per heavy atom. The van der Waals surface area contributed by atoms with Gasteiger partial charge in [0, 0.05) is 23.4 Å². The fourth-order valence-electron chi connectivity index (χ4n) is 2.13. The summed E-state index contributed by atoms with van der Waals surface area (Å²) in [6.45, 7) is 3.33. The molecule has 0 aromatic heterocycles. The maximum atomic E-state index is 14.8. The zero-order valence-electron chi connectivity index (χ0n) is 14.4. The predicted molar refractivity (Wildman–Crippen MR) is 96.8 cm³/mol. The van der Waals surface area contributed by atoms with E-state index in [0.29, 0.717) is 24.9 Å². The van der Waals surface area contributed by atoms with Crippen LogP contribution in [-0.2, 0) is 15.7 Å². The van der Waals surface area contributed by atoms with E-state index in [2.05, 4.69) is 21.9 Å². The number of sulfonamides is 1. The molecule has 0 heterocycles. The first-order valence-corrected chi connectivity index (χ1v) is 9.58. The number of azide groups is 1. The first-order chi connectivity index (χ1) is 11.7. The number of halogens is 1. The Hall–Kier alpha value is -2.07. The number of hydrogen-bond donors (Lipinski definition) is 1. The summed E-state index contributed by atoms with van der Waals surface area (Å²) in [5, 5.41) is 7.71. The summed E-state index contributed by atoms with van der Waals surface area (Å²) < 4.78 is 37.3. The zero-order chi connectivity index (χ0) is 18.9. The maximum absolute atomic E-state index is 14.8. The van der Waals surface area contributed by atoms with Crippen LogP contribution in [0.3, 0.4) is 0 Å². The van der Waals surface area contributed by atoms with Crippen LogP contribution in [0.5, 0.6) is 0 Å². The highest BCUT2D eigenvalue weighted by molar-refractivity contribution is 7.89. The maximum Gasteiger partial charge on any atom is 0.211 e. The number of rotatable bonds is 8. The molecule has 0 aliphatic carbocycles. The van der Waals surface area contributed by atoms with Gasteiger partial charge in [-0.15, -0.1) is 0 Å². The molecular weight excluding hydrogens is 343 g/mol. The molecule has 0 aliphatic rings. The monoisotopic (exact) mass is 366 g/mol. The van der Waals surface area contributed by atoms with Crippen molar-refractivity contribution in [1.82, 2.24) is 0 Å². The highest BCUT2D eigenvalue weighted by Gasteiger charge is 2.28. The summed E-state index contributed by atoms with van der Waals surface area (Å²) in [5.41, 5.74) is 7.76. The summed E-state index contributed by atoms with van der Waals surface area (Å²) in [5.74, 6) is 5.94. The van der Waals surface area contributed by atoms with Crippen molar-refractivity contribution in [3.05, 3.63) is 45.8 Å². The van der Waals surface area contributed by atoms with Crippen LogP contribution in [-0.4, -0.2) is 20.2 Å². The first kappa shape index (κ1) is 21.0. The summed E-state index contributed by atoms with van der Waals surface area (Å²) in [6.07, 6.45) is 1.53. The molecule has 1 rings (SSSR count). The average Bonchev–Trinajstić information content (AvgIpc) is 2.55. The number of primary sulfonamides is 1. The summed E-state index contributed by atoms with van der Waals surface area (Å²) >= 11 is 0. The van der Waals surface area contributed by atoms with E-state index in [1.165, 1.54) is 13.8 Å². The molecule has 1 aromatic rings. The molecule has 1 aromatic carbocycles. The van der Waals surface area contributed by atoms with Gasteiger partial charge >= 0.3 is 0 Å². The molecule has 2 atom stereocenters. The van der Waals surface area contributed by atoms with Gasteiger partial charge in [0.2, 0.25) is 10.0 Å². The van der Waals surface area contributed by atoms with Gasteiger partial charge in [-0.05, 0) is 56.3 Å². The second-order valence-electron chi connectivity index (χ2n) is 6.07. The Morgan fingerprint density at radius 1 is 1.40 bits per heavy atom. The molecule has 8 heteroatoms. The van der Waals surface area contributed by atoms with E-state index >= 15 is 0 Å². The van der Waals surface area contributed by atoms with Gasteiger partial charge in [0.1, 0.15) is 5.67 Å². The minimum absolute atomic E-state index is 0.0645. The molecule has 0 amide bonds. The molecular formula is C17H23FN4O2S. The standard InChI is InChI=1S/C17H23FN4O2S/c1-14(25(20,23)24)11-12-17(2,18)16-9-7-15(8-10-16)6-4-3-5-13-21-22-19/h7-10,14H,3,5,11-13H2,1-2H3,(H2,20,23,24). The van der Waals surface area contributed by atoms with Gasteiger partial charge in [0.25, 0.3) is 0 Å². The highest BCUT2D eigenvalue weighted by Crippen LogP contribution is 2.31. The number of benzene rings is 1. The molecule has 6 nitrogen and oxygen atoms in total. The summed E-state index contributed by atoms with van der Waals surface area (Å²) in [4.78, 5) is 2.66. The first-order valence-electron chi connectivity index (χ1n) is 7.97. The van der Waals surface area contributed by atoms with Crippen LogP contribution >= 0.6 is 0 Å². The third-order valence-electron chi connectivity index (χ3n) is 3.92. The third kappa shape index (κ3) is 7.57. The average molecular weight is 366 g/mol. The van der Waals surface area contributed by atoms with Gasteiger partial charge in [0.05, 0.1) is 5.25 Å². The highest BCUT2D eigenvalue weighted by atomic mass is 32.2. The van der Waals surface area contributed by atoms with E-state index < -0.39 is 20.9 Å². The Labute approximate surface area is 148 Å². The van der Waals surface area contributed by atoms with Crippen molar-refractivity contribution in [2.45, 2.75) is 50.4 Å². The molecule has 25 heavy (non-hydrogen) atoms. The van der Waals surface area contributed by atoms with Crippen molar-refractivity contribution < 1.29 is 12.8 Å². The van der Waals surface area contributed by atoms with Crippen LogP contribution in [0.25, 0.3) is 10.4 Å². The minimum Gasteiger partial charge on any atom is -0.239 e. The lowest BCUT2D eigenvalue weighted by atomic mass is 9.91. The zero-order valence-corrected chi connectivity index (χ0v) is 15.3. The van der Waals surface area contributed by atoms with Gasteiger partial charge in [-0.1, -0.05) is 29.1 Å². The molecule has 0 aliphatic heterocycles. The quantitative estimate of drug-likeness (QED) is 0.248. The van der Waals surface area contributed by atoms with Gasteiger partial charge in [-0.25, -0.2) is 17.9 Å². The van der Waals surface area contributed by atoms with Crippen molar-refractivity contribution in [2.24, 2.45) is 10.3 Å². The van der Waals surface area contributed by atoms with Crippen LogP contribution < -0.4 is 5.14 Å². The Balaban J connectivity index is 2.65. The Morgan fingerprint density at radius 2 is 2.04 bits per heavy atom. The molecule has 0 saturated carbocycles. The molecule has 0 radical (unpaired) electrons. The normalized spacial score (nSPS) is 14.6. The van der Waals surface area contributed by atoms with Crippen molar-refractivity contribution in [3.8, 4) is 11.8 Å². The van der Waals surface area contributed by atoms with E-state index in [1.54, 1.807) is 24.3 Å². The van der Waals surface area contributed by atoms with E-state index in [1.807, 2.05) is 0 Å². The van der Waals surface area contributed by atoms with Gasteiger partial charge in [-0.2, -0.15) is 0 Å². The number of nitrogens with two attached hydrogens (primary N) is 1. The Kier molecular flexibility index (Phi) is 7.91. The molecule has 0 fully saturated rings. The van der Waals surface area contributed by atoms with Crippen LogP contribution in [0.4, 0.5) is 4.39 Å². The lowest BCUT2D eigenvalue weighted by molar-refractivity contribution is 0.173. The SMILES string of the molecule is CC(CCC(C)(F)c1ccc(C#CCCCN=[N+]=[N-])cc1)S(N)(=O)=O. The van der Waals surface area contributed by atoms with Crippen LogP contribution in [0.1, 0.15) is 50.7 Å². The second-order valence-corrected chi connectivity index (χ2v) is 8.06. The molecule has 0 spiro atoms. The lowest BCUT2D eigenvalue weighted by Crippen LogP contribution is -2.28. The van der Waals surface area contributed by atoms with E-state index in [4.69, 9.17) is 10.7 Å². The van der Waals surface area contributed by atoms with Crippen molar-refractivity contribution >= 4 is 10.0 Å². The molecule has 0 bridgehead atoms. The summed E-state index contributed by atoms with van der Waals surface area (Å²) in [6, 6.07) is 6.78. The molecule has 136 valence electrons. The number of hydrogen-bond acceptors (Lipinski definition) is 3. The van der Waals surface area contributed by atoms with Crippen molar-refractivity contribution in [2.75, 3.05) is 6.54 Å². The van der Waals surface area contributed by atoms with E-state index in [-0.39, 0.29) is 12.8 Å². The number of unbranched alkanes of at least 4 members (excludes halogenated alkanes) is 1. The number of nitrogens with zero attached hydrogens (tertiary/aromatic N) is 3. The van der Waals surface area contributed by atoms with Gasteiger partial charge < -0.3 is 0 Å². The molecule has 2 N–H and O–H groups in total. The minimum atomic E-state index is -3.64. The largest absolute Gasteiger partial charge is 0.239 e. The smallest absolute Gasteiger partial charge is 0.211 e. The lowest BCUT2D eigenvalue weighted by Gasteiger charge is -2.22. The predicted octanol–water partition coefficient (Wildman–Crippen LogP) is 3.77. The van der Waals surface area contributed by atoms with Crippen molar-refractivity contribution in [1.29, 1.82) is 0 Å². The van der Waals surface area contributed by atoms with Gasteiger partial charge in [-0.3, -0.25) is 0 Å². The van der Waals surface area contributed by atoms with E-state index in [9.17, 15) is 12.8 Å². The number of alkyl halides is 1. The molecule has 0 saturated heterocycles. The summed E-state index contributed by atoms with van der Waals surface area (Å²) in [7, 11) is -3.64. The van der Waals surface area contributed by atoms with Gasteiger partial charge in [0.15, 0.2) is 0 Å². The topological polar surface area (TPSA) is 109 Å². The second kappa shape index (κ2) is 9.42. The van der Waals surface area contributed by atoms with E-state index in [0.717, 1.165) is 5.56 Å². The fourth-order valence-corrected chi connectivity index (χ4v) is 2.58. The Bertz CT molecular complexity index is 773. The van der Waals surface area contributed by atoms with Crippen LogP contribution in [0, 0.1) is 11.8 Å². The molecule has 2 unspecified atom stereocenters. The fraction of sp³-hybridized carbons (Fsp3) is 0.529.